The Labute approximate surface area is 147 Å². The Bertz CT molecular complexity index is 894. The maximum absolute atomic E-state index is 12.8. The summed E-state index contributed by atoms with van der Waals surface area (Å²) in [6.45, 7) is 2.71. The summed E-state index contributed by atoms with van der Waals surface area (Å²) in [5.74, 6) is 0.277. The third kappa shape index (κ3) is 2.70. The molecule has 2 fully saturated rings. The number of hydrogen-bond donors (Lipinski definition) is 0. The van der Waals surface area contributed by atoms with Crippen LogP contribution < -0.4 is 0 Å². The molecule has 5 nitrogen and oxygen atoms in total. The molecule has 2 aliphatic heterocycles. The number of nitrogens with zero attached hydrogens (tertiary/aromatic N) is 2. The highest BCUT2D eigenvalue weighted by atomic mass is 32.2. The van der Waals surface area contributed by atoms with E-state index >= 15 is 0 Å². The summed E-state index contributed by atoms with van der Waals surface area (Å²) in [4.78, 5) is 14.6. The fourth-order valence-electron chi connectivity index (χ4n) is 3.74. The van der Waals surface area contributed by atoms with Crippen LogP contribution in [-0.2, 0) is 10.0 Å². The maximum Gasteiger partial charge on any atom is 0.334 e. The van der Waals surface area contributed by atoms with Gasteiger partial charge in [-0.05, 0) is 31.0 Å². The third-order valence-corrected chi connectivity index (χ3v) is 6.88. The lowest BCUT2D eigenvalue weighted by Gasteiger charge is -2.19. The Balaban J connectivity index is 1.55. The second-order valence-electron chi connectivity index (χ2n) is 6.78. The summed E-state index contributed by atoms with van der Waals surface area (Å²) in [6.07, 6.45) is 0.801. The fourth-order valence-corrected chi connectivity index (χ4v) is 5.16. The monoisotopic (exact) mass is 356 g/mol. The molecular weight excluding hydrogens is 336 g/mol. The van der Waals surface area contributed by atoms with Gasteiger partial charge in [0.05, 0.1) is 17.5 Å². The van der Waals surface area contributed by atoms with Crippen LogP contribution in [0.2, 0.25) is 0 Å². The molecule has 2 aromatic rings. The molecule has 0 spiro atoms. The van der Waals surface area contributed by atoms with Crippen molar-refractivity contribution in [2.45, 2.75) is 30.2 Å². The van der Waals surface area contributed by atoms with Crippen LogP contribution >= 0.6 is 0 Å². The smallest absolute Gasteiger partial charge is 0.318 e. The first-order valence-electron chi connectivity index (χ1n) is 8.42. The van der Waals surface area contributed by atoms with Crippen LogP contribution in [0.5, 0.6) is 0 Å². The maximum atomic E-state index is 12.8. The van der Waals surface area contributed by atoms with Gasteiger partial charge in [0.15, 0.2) is 0 Å². The number of urea groups is 1. The van der Waals surface area contributed by atoms with E-state index < -0.39 is 16.1 Å². The number of carbonyl (C=O) groups excluding carboxylic acids is 1. The van der Waals surface area contributed by atoms with E-state index in [0.29, 0.717) is 6.54 Å². The number of rotatable bonds is 3. The highest BCUT2D eigenvalue weighted by Gasteiger charge is 2.48. The molecule has 4 rings (SSSR count). The molecule has 2 atom stereocenters. The summed E-state index contributed by atoms with van der Waals surface area (Å²) < 4.78 is 26.7. The van der Waals surface area contributed by atoms with E-state index in [-0.39, 0.29) is 23.4 Å². The molecule has 0 aliphatic carbocycles. The molecule has 6 heteroatoms. The first kappa shape index (κ1) is 16.1. The Hall–Kier alpha value is -2.34. The van der Waals surface area contributed by atoms with Gasteiger partial charge >= 0.3 is 6.03 Å². The summed E-state index contributed by atoms with van der Waals surface area (Å²) in [5, 5.41) is 0. The number of aryl methyl sites for hydroxylation is 1. The van der Waals surface area contributed by atoms with Gasteiger partial charge in [-0.1, -0.05) is 48.0 Å². The van der Waals surface area contributed by atoms with Crippen LogP contribution in [0.3, 0.4) is 0 Å². The van der Waals surface area contributed by atoms with Gasteiger partial charge in [0.2, 0.25) is 0 Å². The quantitative estimate of drug-likeness (QED) is 0.849. The molecule has 2 saturated heterocycles. The van der Waals surface area contributed by atoms with Crippen LogP contribution in [0.25, 0.3) is 0 Å². The molecule has 0 aromatic heterocycles. The standard InChI is InChI=1S/C19H20N2O3S/c1-14-7-9-18(10-8-14)25(23,24)21-13-17-11-16(12-20(17)19(21)22)15-5-3-2-4-6-15/h2-10,16-17H,11-13H2,1H3/t16-,17-/m1/s1. The van der Waals surface area contributed by atoms with E-state index in [4.69, 9.17) is 0 Å². The molecule has 25 heavy (non-hydrogen) atoms. The second-order valence-corrected chi connectivity index (χ2v) is 8.64. The van der Waals surface area contributed by atoms with E-state index in [2.05, 4.69) is 12.1 Å². The van der Waals surface area contributed by atoms with Gasteiger partial charge in [0, 0.05) is 12.5 Å². The lowest BCUT2D eigenvalue weighted by atomic mass is 9.96. The highest BCUT2D eigenvalue weighted by Crippen LogP contribution is 2.37. The van der Waals surface area contributed by atoms with Crippen molar-refractivity contribution in [1.29, 1.82) is 0 Å². The van der Waals surface area contributed by atoms with Crippen molar-refractivity contribution in [3.63, 3.8) is 0 Å². The summed E-state index contributed by atoms with van der Waals surface area (Å²) >= 11 is 0. The van der Waals surface area contributed by atoms with Gasteiger partial charge in [0.25, 0.3) is 10.0 Å². The van der Waals surface area contributed by atoms with Crippen molar-refractivity contribution >= 4 is 16.1 Å². The van der Waals surface area contributed by atoms with Crippen molar-refractivity contribution in [3.05, 3.63) is 65.7 Å². The molecule has 2 aliphatic rings. The Kier molecular flexibility index (Phi) is 3.80. The first-order chi connectivity index (χ1) is 12.0. The minimum Gasteiger partial charge on any atom is -0.318 e. The number of carbonyl (C=O) groups is 1. The lowest BCUT2D eigenvalue weighted by Crippen LogP contribution is -2.36. The molecule has 130 valence electrons. The second kappa shape index (κ2) is 5.88. The predicted molar refractivity (Wildman–Crippen MR) is 94.8 cm³/mol. The van der Waals surface area contributed by atoms with Crippen LogP contribution in [0, 0.1) is 6.92 Å². The van der Waals surface area contributed by atoms with Crippen LogP contribution in [0.4, 0.5) is 4.79 Å². The number of hydrogen-bond acceptors (Lipinski definition) is 3. The summed E-state index contributed by atoms with van der Waals surface area (Å²) in [7, 11) is -3.79. The molecular formula is C19H20N2O3S. The SMILES string of the molecule is Cc1ccc(S(=O)(=O)N2C[C@H]3C[C@@H](c4ccccc4)CN3C2=O)cc1. The third-order valence-electron chi connectivity index (χ3n) is 5.13. The summed E-state index contributed by atoms with van der Waals surface area (Å²) in [6, 6.07) is 16.3. The van der Waals surface area contributed by atoms with Gasteiger partial charge in [-0.3, -0.25) is 0 Å². The molecule has 2 amide bonds. The van der Waals surface area contributed by atoms with Crippen molar-refractivity contribution in [2.75, 3.05) is 13.1 Å². The highest BCUT2D eigenvalue weighted by molar-refractivity contribution is 7.89. The van der Waals surface area contributed by atoms with Crippen molar-refractivity contribution in [1.82, 2.24) is 9.21 Å². The van der Waals surface area contributed by atoms with Gasteiger partial charge in [-0.15, -0.1) is 0 Å². The molecule has 2 heterocycles. The minimum absolute atomic E-state index is 0.0436. The van der Waals surface area contributed by atoms with E-state index in [9.17, 15) is 13.2 Å². The topological polar surface area (TPSA) is 57.7 Å². The van der Waals surface area contributed by atoms with Crippen LogP contribution in [-0.4, -0.2) is 42.8 Å². The Morgan fingerprint density at radius 3 is 2.28 bits per heavy atom. The Morgan fingerprint density at radius 1 is 0.960 bits per heavy atom. The molecule has 0 unspecified atom stereocenters. The summed E-state index contributed by atoms with van der Waals surface area (Å²) in [5.41, 5.74) is 2.19. The average Bonchev–Trinajstić information content (AvgIpc) is 3.16. The molecule has 0 bridgehead atoms. The molecule has 0 N–H and O–H groups in total. The van der Waals surface area contributed by atoms with Gasteiger partial charge in [-0.25, -0.2) is 17.5 Å². The fraction of sp³-hybridized carbons (Fsp3) is 0.316. The number of benzene rings is 2. The van der Waals surface area contributed by atoms with Crippen LogP contribution in [0.15, 0.2) is 59.5 Å². The lowest BCUT2D eigenvalue weighted by molar-refractivity contribution is 0.206. The van der Waals surface area contributed by atoms with E-state index in [1.807, 2.05) is 25.1 Å². The zero-order valence-electron chi connectivity index (χ0n) is 14.0. The van der Waals surface area contributed by atoms with Gasteiger partial charge in [-0.2, -0.15) is 0 Å². The normalized spacial score (nSPS) is 23.2. The van der Waals surface area contributed by atoms with Crippen LogP contribution in [0.1, 0.15) is 23.5 Å². The Morgan fingerprint density at radius 2 is 1.64 bits per heavy atom. The first-order valence-corrected chi connectivity index (χ1v) is 9.86. The van der Waals surface area contributed by atoms with Gasteiger partial charge < -0.3 is 4.90 Å². The van der Waals surface area contributed by atoms with E-state index in [0.717, 1.165) is 16.3 Å². The molecule has 0 radical (unpaired) electrons. The van der Waals surface area contributed by atoms with E-state index in [1.54, 1.807) is 29.2 Å². The predicted octanol–water partition coefficient (Wildman–Crippen LogP) is 2.98. The minimum atomic E-state index is -3.79. The van der Waals surface area contributed by atoms with Gasteiger partial charge in [0.1, 0.15) is 0 Å². The zero-order valence-corrected chi connectivity index (χ0v) is 14.8. The average molecular weight is 356 g/mol. The van der Waals surface area contributed by atoms with Crippen molar-refractivity contribution in [3.8, 4) is 0 Å². The zero-order chi connectivity index (χ0) is 17.6. The number of fused-ring (bicyclic) bond motifs is 1. The van der Waals surface area contributed by atoms with Crippen molar-refractivity contribution < 1.29 is 13.2 Å². The molecule has 0 saturated carbocycles. The van der Waals surface area contributed by atoms with Crippen molar-refractivity contribution in [2.24, 2.45) is 0 Å². The number of amides is 2. The molecule has 2 aromatic carbocycles. The number of sulfonamides is 1. The largest absolute Gasteiger partial charge is 0.334 e. The van der Waals surface area contributed by atoms with E-state index in [1.165, 1.54) is 5.56 Å².